The quantitative estimate of drug-likeness (QED) is 0.772. The minimum Gasteiger partial charge on any atom is -0.338 e. The number of carbonyl (C=O) groups is 1. The van der Waals surface area contributed by atoms with E-state index in [1.165, 1.54) is 44.5 Å². The molecule has 1 N–H and O–H groups in total. The molecule has 0 bridgehead atoms. The first kappa shape index (κ1) is 18.2. The lowest BCUT2D eigenvalue weighted by Gasteiger charge is -2.34. The number of hydrogen-bond acceptors (Lipinski definition) is 3. The number of piperazine rings is 1. The molecule has 2 fully saturated rings. The Morgan fingerprint density at radius 1 is 0.880 bits per heavy atom. The Bertz CT molecular complexity index is 508. The van der Waals surface area contributed by atoms with E-state index in [9.17, 15) is 4.79 Å². The van der Waals surface area contributed by atoms with E-state index in [1.54, 1.807) is 0 Å². The van der Waals surface area contributed by atoms with Crippen LogP contribution in [-0.2, 0) is 6.54 Å². The van der Waals surface area contributed by atoms with Gasteiger partial charge in [-0.2, -0.15) is 0 Å². The summed E-state index contributed by atoms with van der Waals surface area (Å²) in [5.74, 6) is 0. The van der Waals surface area contributed by atoms with Gasteiger partial charge in [0.1, 0.15) is 0 Å². The molecule has 5 nitrogen and oxygen atoms in total. The summed E-state index contributed by atoms with van der Waals surface area (Å²) in [6.07, 6.45) is 4.97. The third-order valence-corrected chi connectivity index (χ3v) is 5.28. The Balaban J connectivity index is 1.26. The summed E-state index contributed by atoms with van der Waals surface area (Å²) in [5, 5.41) is 3.09. The SMILES string of the molecule is O=C(NCCCCN1CCCC1)N1CCN(Cc2ccccc2)CC1. The Hall–Kier alpha value is -1.59. The van der Waals surface area contributed by atoms with Crippen LogP contribution >= 0.6 is 0 Å². The summed E-state index contributed by atoms with van der Waals surface area (Å²) >= 11 is 0. The van der Waals surface area contributed by atoms with Gasteiger partial charge in [0.2, 0.25) is 0 Å². The number of carbonyl (C=O) groups excluding carboxylic acids is 1. The molecule has 5 heteroatoms. The molecule has 2 saturated heterocycles. The van der Waals surface area contributed by atoms with E-state index in [0.29, 0.717) is 0 Å². The Labute approximate surface area is 152 Å². The Morgan fingerprint density at radius 2 is 1.60 bits per heavy atom. The van der Waals surface area contributed by atoms with Crippen molar-refractivity contribution in [2.24, 2.45) is 0 Å². The Kier molecular flexibility index (Phi) is 7.12. The lowest BCUT2D eigenvalue weighted by atomic mass is 10.2. The van der Waals surface area contributed by atoms with Crippen LogP contribution in [0.1, 0.15) is 31.2 Å². The van der Waals surface area contributed by atoms with Gasteiger partial charge in [-0.3, -0.25) is 4.90 Å². The largest absolute Gasteiger partial charge is 0.338 e. The number of nitrogens with zero attached hydrogens (tertiary/aromatic N) is 3. The first-order valence-electron chi connectivity index (χ1n) is 9.83. The third-order valence-electron chi connectivity index (χ3n) is 5.28. The average Bonchev–Trinajstić information content (AvgIpc) is 3.16. The summed E-state index contributed by atoms with van der Waals surface area (Å²) in [4.78, 5) is 19.2. The van der Waals surface area contributed by atoms with Gasteiger partial charge in [0.05, 0.1) is 0 Å². The van der Waals surface area contributed by atoms with Gasteiger partial charge < -0.3 is 15.1 Å². The second kappa shape index (κ2) is 9.78. The van der Waals surface area contributed by atoms with Crippen molar-refractivity contribution in [1.29, 1.82) is 0 Å². The average molecular weight is 345 g/mol. The van der Waals surface area contributed by atoms with Gasteiger partial charge in [-0.1, -0.05) is 30.3 Å². The number of rotatable bonds is 7. The number of hydrogen-bond donors (Lipinski definition) is 1. The molecule has 0 unspecified atom stereocenters. The molecule has 0 radical (unpaired) electrons. The van der Waals surface area contributed by atoms with Crippen LogP contribution in [0.4, 0.5) is 4.79 Å². The number of nitrogens with one attached hydrogen (secondary N) is 1. The van der Waals surface area contributed by atoms with Gasteiger partial charge in [0.15, 0.2) is 0 Å². The van der Waals surface area contributed by atoms with Gasteiger partial charge in [-0.05, 0) is 50.9 Å². The molecule has 2 heterocycles. The topological polar surface area (TPSA) is 38.8 Å². The summed E-state index contributed by atoms with van der Waals surface area (Å²) < 4.78 is 0. The van der Waals surface area contributed by atoms with Crippen LogP contribution in [-0.4, -0.2) is 73.1 Å². The first-order chi connectivity index (χ1) is 12.3. The number of benzene rings is 1. The standard InChI is InChI=1S/C20H32N4O/c25-20(21-10-4-5-11-22-12-6-7-13-22)24-16-14-23(15-17-24)18-19-8-2-1-3-9-19/h1-3,8-9H,4-7,10-18H2,(H,21,25). The lowest BCUT2D eigenvalue weighted by Crippen LogP contribution is -2.51. The van der Waals surface area contributed by atoms with Crippen molar-refractivity contribution >= 4 is 6.03 Å². The van der Waals surface area contributed by atoms with Crippen molar-refractivity contribution in [3.05, 3.63) is 35.9 Å². The fourth-order valence-electron chi connectivity index (χ4n) is 3.72. The number of urea groups is 1. The molecule has 0 atom stereocenters. The highest BCUT2D eigenvalue weighted by Gasteiger charge is 2.20. The van der Waals surface area contributed by atoms with Crippen molar-refractivity contribution in [2.75, 3.05) is 52.4 Å². The van der Waals surface area contributed by atoms with E-state index < -0.39 is 0 Å². The van der Waals surface area contributed by atoms with E-state index in [4.69, 9.17) is 0 Å². The van der Waals surface area contributed by atoms with E-state index in [2.05, 4.69) is 45.4 Å². The van der Waals surface area contributed by atoms with Crippen molar-refractivity contribution in [1.82, 2.24) is 20.0 Å². The van der Waals surface area contributed by atoms with Crippen LogP contribution in [0.5, 0.6) is 0 Å². The summed E-state index contributed by atoms with van der Waals surface area (Å²) in [5.41, 5.74) is 1.35. The minimum atomic E-state index is 0.112. The number of amides is 2. The maximum atomic E-state index is 12.3. The predicted molar refractivity (Wildman–Crippen MR) is 102 cm³/mol. The summed E-state index contributed by atoms with van der Waals surface area (Å²) in [7, 11) is 0. The molecule has 25 heavy (non-hydrogen) atoms. The molecule has 0 aromatic heterocycles. The molecule has 2 aliphatic heterocycles. The maximum Gasteiger partial charge on any atom is 0.317 e. The van der Waals surface area contributed by atoms with Gasteiger partial charge in [0.25, 0.3) is 0 Å². The van der Waals surface area contributed by atoms with Crippen LogP contribution in [0.25, 0.3) is 0 Å². The minimum absolute atomic E-state index is 0.112. The highest BCUT2D eigenvalue weighted by molar-refractivity contribution is 5.74. The van der Waals surface area contributed by atoms with Gasteiger partial charge in [-0.25, -0.2) is 4.79 Å². The van der Waals surface area contributed by atoms with Crippen molar-refractivity contribution in [3.63, 3.8) is 0 Å². The molecular weight excluding hydrogens is 312 g/mol. The van der Waals surface area contributed by atoms with Crippen LogP contribution in [0.15, 0.2) is 30.3 Å². The maximum absolute atomic E-state index is 12.3. The smallest absolute Gasteiger partial charge is 0.317 e. The fraction of sp³-hybridized carbons (Fsp3) is 0.650. The second-order valence-electron chi connectivity index (χ2n) is 7.24. The van der Waals surface area contributed by atoms with Crippen molar-refractivity contribution < 1.29 is 4.79 Å². The van der Waals surface area contributed by atoms with E-state index in [-0.39, 0.29) is 6.03 Å². The van der Waals surface area contributed by atoms with E-state index >= 15 is 0 Å². The number of unbranched alkanes of at least 4 members (excludes halogenated alkanes) is 1. The van der Waals surface area contributed by atoms with E-state index in [1.807, 2.05) is 4.90 Å². The highest BCUT2D eigenvalue weighted by Crippen LogP contribution is 2.09. The first-order valence-corrected chi connectivity index (χ1v) is 9.83. The number of likely N-dealkylation sites (tertiary alicyclic amines) is 1. The normalized spacial score (nSPS) is 19.3. The summed E-state index contributed by atoms with van der Waals surface area (Å²) in [6, 6.07) is 10.7. The van der Waals surface area contributed by atoms with Crippen molar-refractivity contribution in [2.45, 2.75) is 32.2 Å². The third kappa shape index (κ3) is 6.01. The monoisotopic (exact) mass is 344 g/mol. The molecule has 0 aliphatic carbocycles. The molecule has 3 rings (SSSR count). The molecule has 0 saturated carbocycles. The molecule has 2 amide bonds. The molecule has 0 spiro atoms. The molecule has 2 aliphatic rings. The van der Waals surface area contributed by atoms with Crippen LogP contribution in [0, 0.1) is 0 Å². The van der Waals surface area contributed by atoms with Crippen LogP contribution < -0.4 is 5.32 Å². The van der Waals surface area contributed by atoms with Crippen molar-refractivity contribution in [3.8, 4) is 0 Å². The summed E-state index contributed by atoms with van der Waals surface area (Å²) in [6.45, 7) is 9.06. The molecular formula is C20H32N4O. The van der Waals surface area contributed by atoms with Crippen LogP contribution in [0.3, 0.4) is 0 Å². The second-order valence-corrected chi connectivity index (χ2v) is 7.24. The Morgan fingerprint density at radius 3 is 2.32 bits per heavy atom. The zero-order valence-corrected chi connectivity index (χ0v) is 15.3. The molecule has 1 aromatic carbocycles. The van der Waals surface area contributed by atoms with Gasteiger partial charge in [0, 0.05) is 39.3 Å². The van der Waals surface area contributed by atoms with Gasteiger partial charge in [-0.15, -0.1) is 0 Å². The fourth-order valence-corrected chi connectivity index (χ4v) is 3.72. The lowest BCUT2D eigenvalue weighted by molar-refractivity contribution is 0.135. The predicted octanol–water partition coefficient (Wildman–Crippen LogP) is 2.39. The molecule has 1 aromatic rings. The highest BCUT2D eigenvalue weighted by atomic mass is 16.2. The van der Waals surface area contributed by atoms with Gasteiger partial charge >= 0.3 is 6.03 Å². The zero-order chi connectivity index (χ0) is 17.3. The zero-order valence-electron chi connectivity index (χ0n) is 15.3. The molecule has 138 valence electrons. The van der Waals surface area contributed by atoms with Crippen LogP contribution in [0.2, 0.25) is 0 Å². The van der Waals surface area contributed by atoms with E-state index in [0.717, 1.165) is 45.7 Å².